The summed E-state index contributed by atoms with van der Waals surface area (Å²) in [6, 6.07) is 0. The molecule has 0 aromatic carbocycles. The minimum atomic E-state index is -4.39. The van der Waals surface area contributed by atoms with Gasteiger partial charge in [0.1, 0.15) is 6.61 Å². The van der Waals surface area contributed by atoms with Crippen molar-refractivity contribution in [3.05, 3.63) is 72.9 Å². The van der Waals surface area contributed by atoms with Crippen LogP contribution in [0.25, 0.3) is 0 Å². The Bertz CT molecular complexity index is 1070. The van der Waals surface area contributed by atoms with Crippen LogP contribution < -0.4 is 5.73 Å². The van der Waals surface area contributed by atoms with E-state index < -0.39 is 32.5 Å². The lowest BCUT2D eigenvalue weighted by atomic mass is 10.1. The number of carbonyl (C=O) groups excluding carboxylic acids is 2. The van der Waals surface area contributed by atoms with Gasteiger partial charge in [0.2, 0.25) is 0 Å². The Morgan fingerprint density at radius 2 is 1.08 bits per heavy atom. The van der Waals surface area contributed by atoms with Crippen LogP contribution in [0, 0.1) is 0 Å². The van der Waals surface area contributed by atoms with Gasteiger partial charge in [-0.05, 0) is 51.4 Å². The standard InChI is InChI=1S/C41H70NO8P/c1-3-5-7-9-11-13-15-16-17-18-19-20-21-22-24-26-28-30-32-34-41(44)50-39(38-49-51(45,46)48-36-35-42)37-47-40(43)33-31-29-27-25-23-14-12-10-8-6-4-2/h5,7,11,13,16-17,19-20,22,24,28,30,39H,3-4,6,8-10,12,14-15,18,21,23,25-27,29,31-38,42H2,1-2H3,(H,45,46). The second-order valence-electron chi connectivity index (χ2n) is 12.4. The summed E-state index contributed by atoms with van der Waals surface area (Å²) >= 11 is 0. The summed E-state index contributed by atoms with van der Waals surface area (Å²) < 4.78 is 32.5. The molecule has 0 aromatic rings. The lowest BCUT2D eigenvalue weighted by Gasteiger charge is -2.19. The Morgan fingerprint density at radius 3 is 1.57 bits per heavy atom. The molecule has 292 valence electrons. The molecule has 0 saturated heterocycles. The number of ether oxygens (including phenoxy) is 2. The molecule has 51 heavy (non-hydrogen) atoms. The predicted octanol–water partition coefficient (Wildman–Crippen LogP) is 10.7. The highest BCUT2D eigenvalue weighted by Crippen LogP contribution is 2.43. The molecule has 0 aliphatic carbocycles. The maximum absolute atomic E-state index is 12.5. The summed E-state index contributed by atoms with van der Waals surface area (Å²) in [5.74, 6) is -0.934. The van der Waals surface area contributed by atoms with E-state index >= 15 is 0 Å². The second kappa shape index (κ2) is 37.2. The summed E-state index contributed by atoms with van der Waals surface area (Å²) in [6.45, 7) is 3.49. The second-order valence-corrected chi connectivity index (χ2v) is 13.9. The smallest absolute Gasteiger partial charge is 0.462 e. The summed E-state index contributed by atoms with van der Waals surface area (Å²) in [5.41, 5.74) is 5.32. The van der Waals surface area contributed by atoms with E-state index in [2.05, 4.69) is 74.6 Å². The lowest BCUT2D eigenvalue weighted by molar-refractivity contribution is -0.161. The van der Waals surface area contributed by atoms with Crippen LogP contribution in [-0.2, 0) is 32.7 Å². The van der Waals surface area contributed by atoms with Gasteiger partial charge >= 0.3 is 19.8 Å². The van der Waals surface area contributed by atoms with Crippen molar-refractivity contribution in [2.75, 3.05) is 26.4 Å². The summed E-state index contributed by atoms with van der Waals surface area (Å²) in [6.07, 6.45) is 43.8. The molecule has 0 aliphatic rings. The summed E-state index contributed by atoms with van der Waals surface area (Å²) in [5, 5.41) is 0. The number of allylic oxidation sites excluding steroid dienone is 12. The normalized spacial score (nSPS) is 14.2. The van der Waals surface area contributed by atoms with Gasteiger partial charge in [0.25, 0.3) is 0 Å². The van der Waals surface area contributed by atoms with E-state index in [0.717, 1.165) is 57.8 Å². The van der Waals surface area contributed by atoms with Crippen LogP contribution >= 0.6 is 7.82 Å². The monoisotopic (exact) mass is 735 g/mol. The van der Waals surface area contributed by atoms with Gasteiger partial charge in [-0.1, -0.05) is 151 Å². The highest BCUT2D eigenvalue weighted by atomic mass is 31.2. The number of phosphoric acid groups is 1. The fraction of sp³-hybridized carbons (Fsp3) is 0.659. The van der Waals surface area contributed by atoms with Crippen molar-refractivity contribution >= 4 is 19.8 Å². The van der Waals surface area contributed by atoms with Gasteiger partial charge in [0.15, 0.2) is 6.10 Å². The number of hydrogen-bond donors (Lipinski definition) is 2. The van der Waals surface area contributed by atoms with Crippen molar-refractivity contribution in [2.24, 2.45) is 5.73 Å². The largest absolute Gasteiger partial charge is 0.472 e. The van der Waals surface area contributed by atoms with E-state index in [0.29, 0.717) is 6.42 Å². The molecule has 0 heterocycles. The first-order valence-electron chi connectivity index (χ1n) is 19.4. The maximum Gasteiger partial charge on any atom is 0.472 e. The topological polar surface area (TPSA) is 134 Å². The number of esters is 2. The molecule has 0 radical (unpaired) electrons. The van der Waals surface area contributed by atoms with Gasteiger partial charge in [-0.2, -0.15) is 0 Å². The Morgan fingerprint density at radius 1 is 0.608 bits per heavy atom. The molecule has 9 nitrogen and oxygen atoms in total. The highest BCUT2D eigenvalue weighted by molar-refractivity contribution is 7.47. The van der Waals surface area contributed by atoms with Gasteiger partial charge in [0.05, 0.1) is 13.2 Å². The van der Waals surface area contributed by atoms with Crippen molar-refractivity contribution in [3.63, 3.8) is 0 Å². The molecule has 0 aromatic heterocycles. The van der Waals surface area contributed by atoms with Crippen molar-refractivity contribution in [3.8, 4) is 0 Å². The molecule has 0 aliphatic heterocycles. The van der Waals surface area contributed by atoms with Gasteiger partial charge in [-0.15, -0.1) is 0 Å². The zero-order valence-electron chi connectivity index (χ0n) is 31.8. The molecule has 10 heteroatoms. The van der Waals surface area contributed by atoms with Crippen molar-refractivity contribution in [1.29, 1.82) is 0 Å². The average molecular weight is 736 g/mol. The fourth-order valence-electron chi connectivity index (χ4n) is 4.78. The molecule has 0 bridgehead atoms. The number of nitrogens with two attached hydrogens (primary N) is 1. The number of phosphoric ester groups is 1. The first-order chi connectivity index (χ1) is 24.8. The van der Waals surface area contributed by atoms with Crippen LogP contribution in [0.4, 0.5) is 0 Å². The van der Waals surface area contributed by atoms with Crippen LogP contribution in [0.1, 0.15) is 142 Å². The van der Waals surface area contributed by atoms with E-state index in [4.69, 9.17) is 24.3 Å². The molecule has 0 saturated carbocycles. The van der Waals surface area contributed by atoms with Gasteiger partial charge in [-0.3, -0.25) is 18.6 Å². The molecule has 0 spiro atoms. The van der Waals surface area contributed by atoms with Crippen molar-refractivity contribution in [2.45, 2.75) is 148 Å². The van der Waals surface area contributed by atoms with Crippen LogP contribution in [0.5, 0.6) is 0 Å². The summed E-state index contributed by atoms with van der Waals surface area (Å²) in [7, 11) is -4.39. The molecule has 3 N–H and O–H groups in total. The Balaban J connectivity index is 4.36. The van der Waals surface area contributed by atoms with E-state index in [1.165, 1.54) is 51.4 Å². The van der Waals surface area contributed by atoms with Crippen LogP contribution in [-0.4, -0.2) is 49.3 Å². The average Bonchev–Trinajstić information content (AvgIpc) is 3.11. The zero-order valence-corrected chi connectivity index (χ0v) is 32.7. The van der Waals surface area contributed by atoms with Crippen molar-refractivity contribution in [1.82, 2.24) is 0 Å². The fourth-order valence-corrected chi connectivity index (χ4v) is 5.54. The molecular weight excluding hydrogens is 665 g/mol. The summed E-state index contributed by atoms with van der Waals surface area (Å²) in [4.78, 5) is 34.7. The van der Waals surface area contributed by atoms with Gasteiger partial charge < -0.3 is 20.1 Å². The quantitative estimate of drug-likeness (QED) is 0.0282. The molecule has 0 rings (SSSR count). The third kappa shape index (κ3) is 37.0. The zero-order chi connectivity index (χ0) is 37.5. The Labute approximate surface area is 310 Å². The number of hydrogen-bond acceptors (Lipinski definition) is 8. The molecule has 0 fully saturated rings. The molecule has 2 atom stereocenters. The minimum absolute atomic E-state index is 0.0393. The third-order valence-corrected chi connectivity index (χ3v) is 8.60. The molecule has 0 amide bonds. The van der Waals surface area contributed by atoms with E-state index in [1.807, 2.05) is 12.2 Å². The van der Waals surface area contributed by atoms with Crippen molar-refractivity contribution < 1.29 is 37.6 Å². The maximum atomic E-state index is 12.5. The van der Waals surface area contributed by atoms with E-state index in [-0.39, 0.29) is 32.6 Å². The third-order valence-electron chi connectivity index (χ3n) is 7.62. The van der Waals surface area contributed by atoms with Gasteiger partial charge in [-0.25, -0.2) is 4.57 Å². The number of rotatable bonds is 35. The van der Waals surface area contributed by atoms with E-state index in [9.17, 15) is 19.0 Å². The predicted molar refractivity (Wildman–Crippen MR) is 210 cm³/mol. The van der Waals surface area contributed by atoms with Crippen LogP contribution in [0.3, 0.4) is 0 Å². The van der Waals surface area contributed by atoms with Crippen LogP contribution in [0.15, 0.2) is 72.9 Å². The van der Waals surface area contributed by atoms with Gasteiger partial charge in [0, 0.05) is 19.4 Å². The molecule has 2 unspecified atom stereocenters. The lowest BCUT2D eigenvalue weighted by Crippen LogP contribution is -2.29. The first kappa shape index (κ1) is 48.5. The Hall–Kier alpha value is -2.55. The minimum Gasteiger partial charge on any atom is -0.462 e. The first-order valence-corrected chi connectivity index (χ1v) is 20.9. The molecular formula is C41H70NO8P. The number of unbranched alkanes of at least 4 members (excludes halogenated alkanes) is 10. The highest BCUT2D eigenvalue weighted by Gasteiger charge is 2.25. The SMILES string of the molecule is CCC=CCC=CCC=CCC=CCC=CCC=CCCC(=O)OC(COC(=O)CCCCCCCCCCCCC)COP(=O)(O)OCCN. The Kier molecular flexibility index (Phi) is 35.4. The van der Waals surface area contributed by atoms with Crippen LogP contribution in [0.2, 0.25) is 0 Å². The van der Waals surface area contributed by atoms with E-state index in [1.54, 1.807) is 0 Å². The number of carbonyl (C=O) groups is 2.